The Hall–Kier alpha value is -1.96. The summed E-state index contributed by atoms with van der Waals surface area (Å²) in [4.78, 5) is 11.4. The average Bonchev–Trinajstić information content (AvgIpc) is 3.08. The molecule has 1 unspecified atom stereocenters. The lowest BCUT2D eigenvalue weighted by Crippen LogP contribution is -2.40. The molecule has 0 saturated carbocycles. The van der Waals surface area contributed by atoms with E-state index >= 15 is 0 Å². The predicted octanol–water partition coefficient (Wildman–Crippen LogP) is 2.59. The van der Waals surface area contributed by atoms with Crippen molar-refractivity contribution in [3.05, 3.63) is 42.9 Å². The topological polar surface area (TPSA) is 56.1 Å². The van der Waals surface area contributed by atoms with Gasteiger partial charge in [-0.1, -0.05) is 30.0 Å². The fraction of sp³-hybridized carbons (Fsp3) is 0.353. The maximum atomic E-state index is 5.43. The van der Waals surface area contributed by atoms with Gasteiger partial charge in [0.25, 0.3) is 0 Å². The molecule has 124 valence electrons. The van der Waals surface area contributed by atoms with Crippen molar-refractivity contribution in [3.63, 3.8) is 0 Å². The van der Waals surface area contributed by atoms with Gasteiger partial charge in [-0.3, -0.25) is 4.90 Å². The first-order valence-electron chi connectivity index (χ1n) is 8.05. The van der Waals surface area contributed by atoms with Gasteiger partial charge >= 0.3 is 0 Å². The number of hydrogen-bond acceptors (Lipinski definition) is 6. The van der Waals surface area contributed by atoms with Gasteiger partial charge < -0.3 is 4.74 Å². The Morgan fingerprint density at radius 1 is 1.12 bits per heavy atom. The van der Waals surface area contributed by atoms with Crippen LogP contribution in [0.3, 0.4) is 0 Å². The summed E-state index contributed by atoms with van der Waals surface area (Å²) in [6, 6.07) is 10.0. The molecule has 1 fully saturated rings. The minimum Gasteiger partial charge on any atom is -0.379 e. The molecule has 0 radical (unpaired) electrons. The third-order valence-electron chi connectivity index (χ3n) is 4.17. The maximum absolute atomic E-state index is 5.43. The Morgan fingerprint density at radius 2 is 1.92 bits per heavy atom. The van der Waals surface area contributed by atoms with Crippen LogP contribution in [-0.2, 0) is 4.74 Å². The third kappa shape index (κ3) is 3.02. The van der Waals surface area contributed by atoms with Crippen molar-refractivity contribution in [1.82, 2.24) is 24.6 Å². The third-order valence-corrected chi connectivity index (χ3v) is 5.36. The second kappa shape index (κ2) is 6.88. The standard InChI is InChI=1S/C17H19N5OS/c1-13(21-7-9-23-10-8-21)24-17-15-11-20-22(16(15)18-12-19-17)14-5-3-2-4-6-14/h2-6,11-13H,7-10H2,1H3. The number of nitrogens with zero attached hydrogens (tertiary/aromatic N) is 5. The van der Waals surface area contributed by atoms with E-state index in [4.69, 9.17) is 4.74 Å². The Labute approximate surface area is 144 Å². The van der Waals surface area contributed by atoms with E-state index in [0.717, 1.165) is 48.1 Å². The molecule has 1 saturated heterocycles. The van der Waals surface area contributed by atoms with Gasteiger partial charge in [-0.25, -0.2) is 14.6 Å². The molecule has 1 aromatic carbocycles. The molecule has 0 aliphatic carbocycles. The van der Waals surface area contributed by atoms with Crippen LogP contribution >= 0.6 is 11.8 Å². The van der Waals surface area contributed by atoms with Crippen LogP contribution in [0.1, 0.15) is 6.92 Å². The van der Waals surface area contributed by atoms with Crippen molar-refractivity contribution in [2.24, 2.45) is 0 Å². The molecule has 1 aliphatic rings. The van der Waals surface area contributed by atoms with Crippen LogP contribution in [0.4, 0.5) is 0 Å². The highest BCUT2D eigenvalue weighted by Crippen LogP contribution is 2.30. The number of hydrogen-bond donors (Lipinski definition) is 0. The number of benzene rings is 1. The van der Waals surface area contributed by atoms with Gasteiger partial charge in [0.2, 0.25) is 0 Å². The van der Waals surface area contributed by atoms with Gasteiger partial charge in [-0.05, 0) is 19.1 Å². The van der Waals surface area contributed by atoms with Crippen molar-refractivity contribution in [2.75, 3.05) is 26.3 Å². The molecule has 24 heavy (non-hydrogen) atoms. The molecule has 3 heterocycles. The molecule has 6 nitrogen and oxygen atoms in total. The molecule has 0 bridgehead atoms. The van der Waals surface area contributed by atoms with Crippen molar-refractivity contribution in [1.29, 1.82) is 0 Å². The Morgan fingerprint density at radius 3 is 2.71 bits per heavy atom. The molecule has 1 aliphatic heterocycles. The summed E-state index contributed by atoms with van der Waals surface area (Å²) in [7, 11) is 0. The SMILES string of the molecule is CC(Sc1ncnc2c1cnn2-c1ccccc1)N1CCOCC1. The van der Waals surface area contributed by atoms with E-state index in [2.05, 4.69) is 26.9 Å². The second-order valence-corrected chi connectivity index (χ2v) is 6.98. The van der Waals surface area contributed by atoms with E-state index in [0.29, 0.717) is 5.37 Å². The second-order valence-electron chi connectivity index (χ2n) is 5.67. The van der Waals surface area contributed by atoms with Crippen molar-refractivity contribution in [2.45, 2.75) is 17.3 Å². The van der Waals surface area contributed by atoms with Crippen LogP contribution < -0.4 is 0 Å². The summed E-state index contributed by atoms with van der Waals surface area (Å²) < 4.78 is 7.29. The summed E-state index contributed by atoms with van der Waals surface area (Å²) in [6.07, 6.45) is 3.48. The average molecular weight is 341 g/mol. The molecule has 4 rings (SSSR count). The van der Waals surface area contributed by atoms with Crippen LogP contribution in [0.2, 0.25) is 0 Å². The van der Waals surface area contributed by atoms with E-state index in [9.17, 15) is 0 Å². The van der Waals surface area contributed by atoms with E-state index in [1.165, 1.54) is 0 Å². The fourth-order valence-electron chi connectivity index (χ4n) is 2.85. The van der Waals surface area contributed by atoms with Crippen molar-refractivity contribution >= 4 is 22.8 Å². The number of rotatable bonds is 4. The summed E-state index contributed by atoms with van der Waals surface area (Å²) >= 11 is 1.75. The molecule has 0 N–H and O–H groups in total. The summed E-state index contributed by atoms with van der Waals surface area (Å²) in [5, 5.41) is 6.82. The zero-order chi connectivity index (χ0) is 16.4. The highest BCUT2D eigenvalue weighted by atomic mass is 32.2. The van der Waals surface area contributed by atoms with Crippen molar-refractivity contribution < 1.29 is 4.74 Å². The van der Waals surface area contributed by atoms with E-state index in [-0.39, 0.29) is 0 Å². The fourth-order valence-corrected chi connectivity index (χ4v) is 3.91. The highest BCUT2D eigenvalue weighted by molar-refractivity contribution is 8.00. The van der Waals surface area contributed by atoms with Gasteiger partial charge in [0.15, 0.2) is 5.65 Å². The van der Waals surface area contributed by atoms with E-state index in [1.807, 2.05) is 41.2 Å². The predicted molar refractivity (Wildman–Crippen MR) is 94.4 cm³/mol. The zero-order valence-electron chi connectivity index (χ0n) is 13.5. The van der Waals surface area contributed by atoms with Gasteiger partial charge in [-0.15, -0.1) is 0 Å². The largest absolute Gasteiger partial charge is 0.379 e. The molecular weight excluding hydrogens is 322 g/mol. The monoisotopic (exact) mass is 341 g/mol. The first-order valence-corrected chi connectivity index (χ1v) is 8.93. The van der Waals surface area contributed by atoms with Gasteiger partial charge in [-0.2, -0.15) is 5.10 Å². The van der Waals surface area contributed by atoms with E-state index in [1.54, 1.807) is 18.1 Å². The Kier molecular flexibility index (Phi) is 4.46. The first kappa shape index (κ1) is 15.6. The number of morpholine rings is 1. The summed E-state index contributed by atoms with van der Waals surface area (Å²) in [5.41, 5.74) is 1.84. The van der Waals surface area contributed by atoms with E-state index < -0.39 is 0 Å². The molecular formula is C17H19N5OS. The normalized spacial score (nSPS) is 17.2. The number of ether oxygens (including phenoxy) is 1. The van der Waals surface area contributed by atoms with Crippen LogP contribution in [0.25, 0.3) is 16.7 Å². The van der Waals surface area contributed by atoms with Crippen LogP contribution in [0, 0.1) is 0 Å². The molecule has 0 amide bonds. The maximum Gasteiger partial charge on any atom is 0.167 e. The van der Waals surface area contributed by atoms with Crippen LogP contribution in [-0.4, -0.2) is 56.3 Å². The molecule has 7 heteroatoms. The Balaban J connectivity index is 1.63. The molecule has 2 aromatic heterocycles. The van der Waals surface area contributed by atoms with Crippen LogP contribution in [0.5, 0.6) is 0 Å². The lowest BCUT2D eigenvalue weighted by Gasteiger charge is -2.31. The minimum atomic E-state index is 0.340. The first-order chi connectivity index (χ1) is 11.8. The quantitative estimate of drug-likeness (QED) is 0.537. The van der Waals surface area contributed by atoms with Gasteiger partial charge in [0, 0.05) is 13.1 Å². The lowest BCUT2D eigenvalue weighted by molar-refractivity contribution is 0.0351. The highest BCUT2D eigenvalue weighted by Gasteiger charge is 2.20. The number of thioether (sulfide) groups is 1. The number of fused-ring (bicyclic) bond motifs is 1. The van der Waals surface area contributed by atoms with Gasteiger partial charge in [0.05, 0.1) is 35.9 Å². The lowest BCUT2D eigenvalue weighted by atomic mass is 10.3. The molecule has 3 aromatic rings. The van der Waals surface area contributed by atoms with Crippen LogP contribution in [0.15, 0.2) is 47.9 Å². The van der Waals surface area contributed by atoms with Crippen molar-refractivity contribution in [3.8, 4) is 5.69 Å². The molecule has 1 atom stereocenters. The van der Waals surface area contributed by atoms with Gasteiger partial charge in [0.1, 0.15) is 11.4 Å². The summed E-state index contributed by atoms with van der Waals surface area (Å²) in [6.45, 7) is 5.74. The summed E-state index contributed by atoms with van der Waals surface area (Å²) in [5.74, 6) is 0. The zero-order valence-corrected chi connectivity index (χ0v) is 14.3. The minimum absolute atomic E-state index is 0.340. The molecule has 0 spiro atoms. The Bertz CT molecular complexity index is 816. The number of aromatic nitrogens is 4. The number of para-hydroxylation sites is 1. The smallest absolute Gasteiger partial charge is 0.167 e.